The quantitative estimate of drug-likeness (QED) is 0.416. The fourth-order valence-electron chi connectivity index (χ4n) is 1.68. The summed E-state index contributed by atoms with van der Waals surface area (Å²) in [6, 6.07) is 5.49. The molecule has 0 aliphatic carbocycles. The molecule has 2 atom stereocenters. The van der Waals surface area contributed by atoms with Gasteiger partial charge in [-0.15, -0.1) is 0 Å². The number of carbonyl (C=O) groups is 2. The predicted octanol–water partition coefficient (Wildman–Crippen LogP) is -0.962. The number of hydrogen-bond donors (Lipinski definition) is 5. The molecule has 8 N–H and O–H groups in total. The summed E-state index contributed by atoms with van der Waals surface area (Å²) >= 11 is 0. The number of anilines is 1. The van der Waals surface area contributed by atoms with Crippen molar-refractivity contribution in [1.82, 2.24) is 0 Å². The molecule has 1 aromatic carbocycles. The van der Waals surface area contributed by atoms with Crippen LogP contribution in [-0.2, 0) is 16.2 Å². The Morgan fingerprint density at radius 2 is 1.70 bits per heavy atom. The second-order valence-corrected chi connectivity index (χ2v) is 4.54. The van der Waals surface area contributed by atoms with Crippen LogP contribution in [0.1, 0.15) is 18.4 Å². The molecule has 2 amide bonds. The average molecular weight is 280 g/mol. The minimum Gasteiger partial charge on any atom is -0.392 e. The SMILES string of the molecule is NC(=O)C(N)CCC(Nc1ccc(CO)cc1)C(N)=O. The number of benzene rings is 1. The molecular formula is C13H20N4O3. The molecule has 0 bridgehead atoms. The predicted molar refractivity (Wildman–Crippen MR) is 75.4 cm³/mol. The van der Waals surface area contributed by atoms with Crippen LogP contribution in [0.4, 0.5) is 5.69 Å². The van der Waals surface area contributed by atoms with Gasteiger partial charge >= 0.3 is 0 Å². The van der Waals surface area contributed by atoms with Crippen molar-refractivity contribution in [3.8, 4) is 0 Å². The van der Waals surface area contributed by atoms with Crippen LogP contribution >= 0.6 is 0 Å². The summed E-state index contributed by atoms with van der Waals surface area (Å²) in [6.45, 7) is -0.0486. The topological polar surface area (TPSA) is 144 Å². The van der Waals surface area contributed by atoms with Crippen molar-refractivity contribution < 1.29 is 14.7 Å². The summed E-state index contributed by atoms with van der Waals surface area (Å²) in [7, 11) is 0. The molecule has 1 rings (SSSR count). The highest BCUT2D eigenvalue weighted by atomic mass is 16.3. The Hall–Kier alpha value is -2.12. The molecule has 7 heteroatoms. The van der Waals surface area contributed by atoms with E-state index in [0.29, 0.717) is 12.1 Å². The summed E-state index contributed by atoms with van der Waals surface area (Å²) in [6.07, 6.45) is 0.575. The third-order valence-electron chi connectivity index (χ3n) is 2.95. The maximum Gasteiger partial charge on any atom is 0.239 e. The molecule has 0 saturated heterocycles. The summed E-state index contributed by atoms with van der Waals surface area (Å²) in [4.78, 5) is 22.2. The average Bonchev–Trinajstić information content (AvgIpc) is 2.43. The molecule has 0 saturated carbocycles. The van der Waals surface area contributed by atoms with Gasteiger partial charge in [-0.05, 0) is 30.5 Å². The van der Waals surface area contributed by atoms with E-state index in [9.17, 15) is 9.59 Å². The number of nitrogens with two attached hydrogens (primary N) is 3. The van der Waals surface area contributed by atoms with E-state index in [4.69, 9.17) is 22.3 Å². The molecular weight excluding hydrogens is 260 g/mol. The zero-order chi connectivity index (χ0) is 15.1. The molecule has 0 heterocycles. The Morgan fingerprint density at radius 3 is 2.15 bits per heavy atom. The smallest absolute Gasteiger partial charge is 0.239 e. The van der Waals surface area contributed by atoms with E-state index in [1.54, 1.807) is 24.3 Å². The number of amides is 2. The molecule has 0 aliphatic heterocycles. The second-order valence-electron chi connectivity index (χ2n) is 4.54. The van der Waals surface area contributed by atoms with Gasteiger partial charge in [-0.3, -0.25) is 9.59 Å². The third kappa shape index (κ3) is 4.87. The first-order valence-electron chi connectivity index (χ1n) is 6.24. The van der Waals surface area contributed by atoms with Crippen LogP contribution in [0.2, 0.25) is 0 Å². The zero-order valence-electron chi connectivity index (χ0n) is 11.1. The van der Waals surface area contributed by atoms with Gasteiger partial charge in [-0.2, -0.15) is 0 Å². The lowest BCUT2D eigenvalue weighted by Gasteiger charge is -2.18. The molecule has 0 fully saturated rings. The third-order valence-corrected chi connectivity index (χ3v) is 2.95. The van der Waals surface area contributed by atoms with Crippen molar-refractivity contribution in [2.45, 2.75) is 31.5 Å². The van der Waals surface area contributed by atoms with E-state index < -0.39 is 23.9 Å². The maximum absolute atomic E-state index is 11.4. The van der Waals surface area contributed by atoms with Crippen molar-refractivity contribution >= 4 is 17.5 Å². The Morgan fingerprint density at radius 1 is 1.10 bits per heavy atom. The molecule has 0 aromatic heterocycles. The van der Waals surface area contributed by atoms with E-state index in [1.807, 2.05) is 0 Å². The Balaban J connectivity index is 2.62. The number of nitrogens with one attached hydrogen (secondary N) is 1. The number of hydrogen-bond acceptors (Lipinski definition) is 5. The van der Waals surface area contributed by atoms with Crippen molar-refractivity contribution in [2.24, 2.45) is 17.2 Å². The molecule has 0 spiro atoms. The molecule has 20 heavy (non-hydrogen) atoms. The lowest BCUT2D eigenvalue weighted by Crippen LogP contribution is -2.40. The molecule has 1 aromatic rings. The van der Waals surface area contributed by atoms with Gasteiger partial charge in [0.1, 0.15) is 6.04 Å². The Bertz CT molecular complexity index is 461. The van der Waals surface area contributed by atoms with Gasteiger partial charge in [0, 0.05) is 5.69 Å². The van der Waals surface area contributed by atoms with Crippen molar-refractivity contribution in [3.05, 3.63) is 29.8 Å². The number of primary amides is 2. The van der Waals surface area contributed by atoms with Crippen LogP contribution in [-0.4, -0.2) is 29.0 Å². The van der Waals surface area contributed by atoms with Gasteiger partial charge in [-0.25, -0.2) is 0 Å². The van der Waals surface area contributed by atoms with E-state index >= 15 is 0 Å². The fourth-order valence-corrected chi connectivity index (χ4v) is 1.68. The van der Waals surface area contributed by atoms with E-state index in [1.165, 1.54) is 0 Å². The Labute approximate surface area is 117 Å². The maximum atomic E-state index is 11.4. The normalized spacial score (nSPS) is 13.5. The van der Waals surface area contributed by atoms with Crippen LogP contribution in [0, 0.1) is 0 Å². The first-order valence-corrected chi connectivity index (χ1v) is 6.24. The number of aliphatic hydroxyl groups excluding tert-OH is 1. The Kier molecular flexibility index (Phi) is 5.95. The van der Waals surface area contributed by atoms with Gasteiger partial charge < -0.3 is 27.6 Å². The van der Waals surface area contributed by atoms with Crippen LogP contribution in [0.25, 0.3) is 0 Å². The first-order chi connectivity index (χ1) is 9.43. The van der Waals surface area contributed by atoms with Crippen LogP contribution in [0.5, 0.6) is 0 Å². The first kappa shape index (κ1) is 15.9. The highest BCUT2D eigenvalue weighted by molar-refractivity contribution is 5.83. The van der Waals surface area contributed by atoms with Crippen molar-refractivity contribution in [2.75, 3.05) is 5.32 Å². The van der Waals surface area contributed by atoms with E-state index in [0.717, 1.165) is 5.56 Å². The molecule has 2 unspecified atom stereocenters. The monoisotopic (exact) mass is 280 g/mol. The number of carbonyl (C=O) groups excluding carboxylic acids is 2. The largest absolute Gasteiger partial charge is 0.392 e. The summed E-state index contributed by atoms with van der Waals surface area (Å²) < 4.78 is 0. The number of aliphatic hydroxyl groups is 1. The van der Waals surface area contributed by atoms with Crippen LogP contribution in [0.15, 0.2) is 24.3 Å². The molecule has 0 aliphatic rings. The van der Waals surface area contributed by atoms with Crippen LogP contribution < -0.4 is 22.5 Å². The van der Waals surface area contributed by atoms with Crippen LogP contribution in [0.3, 0.4) is 0 Å². The van der Waals surface area contributed by atoms with Gasteiger partial charge in [-0.1, -0.05) is 12.1 Å². The van der Waals surface area contributed by atoms with Gasteiger partial charge in [0.25, 0.3) is 0 Å². The fraction of sp³-hybridized carbons (Fsp3) is 0.385. The summed E-state index contributed by atoms with van der Waals surface area (Å²) in [5.41, 5.74) is 17.3. The lowest BCUT2D eigenvalue weighted by atomic mass is 10.1. The van der Waals surface area contributed by atoms with Gasteiger partial charge in [0.15, 0.2) is 0 Å². The molecule has 0 radical (unpaired) electrons. The minimum absolute atomic E-state index is 0.0486. The standard InChI is InChI=1S/C13H20N4O3/c14-10(12(15)19)5-6-11(13(16)20)17-9-3-1-8(7-18)2-4-9/h1-4,10-11,17-18H,5-7,14H2,(H2,15,19)(H2,16,20). The number of rotatable bonds is 8. The van der Waals surface area contributed by atoms with Gasteiger partial charge in [0.05, 0.1) is 12.6 Å². The highest BCUT2D eigenvalue weighted by Gasteiger charge is 2.18. The van der Waals surface area contributed by atoms with E-state index in [-0.39, 0.29) is 13.0 Å². The zero-order valence-corrected chi connectivity index (χ0v) is 11.1. The molecule has 7 nitrogen and oxygen atoms in total. The summed E-state index contributed by atoms with van der Waals surface area (Å²) in [5, 5.41) is 11.9. The highest BCUT2D eigenvalue weighted by Crippen LogP contribution is 2.13. The van der Waals surface area contributed by atoms with Crippen molar-refractivity contribution in [1.29, 1.82) is 0 Å². The molecule has 110 valence electrons. The second kappa shape index (κ2) is 7.46. The van der Waals surface area contributed by atoms with Crippen molar-refractivity contribution in [3.63, 3.8) is 0 Å². The van der Waals surface area contributed by atoms with E-state index in [2.05, 4.69) is 5.32 Å². The van der Waals surface area contributed by atoms with Gasteiger partial charge in [0.2, 0.25) is 11.8 Å². The minimum atomic E-state index is -0.796. The summed E-state index contributed by atoms with van der Waals surface area (Å²) in [5.74, 6) is -1.14. The lowest BCUT2D eigenvalue weighted by molar-refractivity contribution is -0.121.